The van der Waals surface area contributed by atoms with Gasteiger partial charge in [0.05, 0.1) is 11.8 Å². The highest BCUT2D eigenvalue weighted by Crippen LogP contribution is 2.60. The lowest BCUT2D eigenvalue weighted by Gasteiger charge is -2.28. The molecule has 4 rings (SSSR count). The number of alkyl halides is 2. The highest BCUT2D eigenvalue weighted by atomic mass is 79.9. The Labute approximate surface area is 208 Å². The van der Waals surface area contributed by atoms with E-state index < -0.39 is 42.8 Å². The summed E-state index contributed by atoms with van der Waals surface area (Å²) in [6.45, 7) is -1.21. The third-order valence-corrected chi connectivity index (χ3v) is 9.89. The summed E-state index contributed by atoms with van der Waals surface area (Å²) in [6.07, 6.45) is 0.795. The molecule has 3 fully saturated rings. The van der Waals surface area contributed by atoms with Crippen LogP contribution in [0.3, 0.4) is 0 Å². The van der Waals surface area contributed by atoms with Gasteiger partial charge in [0.1, 0.15) is 6.54 Å². The van der Waals surface area contributed by atoms with E-state index in [0.717, 1.165) is 15.8 Å². The number of rotatable bonds is 5. The molecular weight excluding hydrogens is 618 g/mol. The second-order valence-corrected chi connectivity index (χ2v) is 11.0. The van der Waals surface area contributed by atoms with Crippen molar-refractivity contribution in [3.05, 3.63) is 34.3 Å². The first kappa shape index (κ1) is 23.4. The van der Waals surface area contributed by atoms with E-state index in [2.05, 4.69) is 58.6 Å². The molecule has 1 aromatic rings. The molecule has 6 atom stereocenters. The standard InChI is InChI=1S/C20H18Br3N3O6/c21-9-3-1-8(2-4-9)18(29)25-24-12(27)7-32-13(28)6-26-19(30)14-10-5-11(15(14)20(26)31)17(23)16(10)22/h1-4,10-11,14-17H,5-7H2,(H,24,27)(H,25,29)/t10-,11-,14-,15+,16-,17+/m1/s1. The van der Waals surface area contributed by atoms with E-state index in [-0.39, 0.29) is 33.3 Å². The number of ether oxygens (including phenoxy) is 1. The third kappa shape index (κ3) is 4.24. The van der Waals surface area contributed by atoms with Crippen LogP contribution in [0.1, 0.15) is 16.8 Å². The van der Waals surface area contributed by atoms with Gasteiger partial charge in [0.25, 0.3) is 11.8 Å². The van der Waals surface area contributed by atoms with E-state index in [1.807, 2.05) is 0 Å². The predicted octanol–water partition coefficient (Wildman–Crippen LogP) is 1.53. The predicted molar refractivity (Wildman–Crippen MR) is 121 cm³/mol. The first-order chi connectivity index (χ1) is 15.2. The zero-order valence-corrected chi connectivity index (χ0v) is 21.2. The van der Waals surface area contributed by atoms with Crippen molar-refractivity contribution in [3.63, 3.8) is 0 Å². The Morgan fingerprint density at radius 1 is 0.969 bits per heavy atom. The van der Waals surface area contributed by atoms with Gasteiger partial charge >= 0.3 is 5.97 Å². The summed E-state index contributed by atoms with van der Waals surface area (Å²) in [6, 6.07) is 6.48. The fourth-order valence-electron chi connectivity index (χ4n) is 4.72. The Balaban J connectivity index is 1.24. The van der Waals surface area contributed by atoms with Crippen molar-refractivity contribution >= 4 is 77.4 Å². The molecule has 2 saturated carbocycles. The lowest BCUT2D eigenvalue weighted by atomic mass is 9.81. The molecule has 4 amide bonds. The minimum absolute atomic E-state index is 0.0481. The molecule has 2 bridgehead atoms. The molecule has 0 radical (unpaired) electrons. The highest BCUT2D eigenvalue weighted by Gasteiger charge is 2.66. The second kappa shape index (κ2) is 9.22. The minimum atomic E-state index is -0.876. The number of likely N-dealkylation sites (tertiary alicyclic amines) is 1. The number of nitrogens with zero attached hydrogens (tertiary/aromatic N) is 1. The van der Waals surface area contributed by atoms with E-state index in [9.17, 15) is 24.0 Å². The normalized spacial score (nSPS) is 30.3. The maximum absolute atomic E-state index is 12.8. The molecule has 32 heavy (non-hydrogen) atoms. The topological polar surface area (TPSA) is 122 Å². The Bertz CT molecular complexity index is 955. The third-order valence-electron chi connectivity index (χ3n) is 6.15. The number of halogens is 3. The quantitative estimate of drug-likeness (QED) is 0.219. The van der Waals surface area contributed by atoms with Crippen molar-refractivity contribution in [2.24, 2.45) is 23.7 Å². The van der Waals surface area contributed by atoms with E-state index in [1.165, 1.54) is 0 Å². The number of carbonyl (C=O) groups is 5. The molecule has 170 valence electrons. The summed E-state index contributed by atoms with van der Waals surface area (Å²) in [7, 11) is 0. The zero-order chi connectivity index (χ0) is 23.2. The Hall–Kier alpha value is -1.79. The van der Waals surface area contributed by atoms with E-state index in [4.69, 9.17) is 4.74 Å². The van der Waals surface area contributed by atoms with E-state index >= 15 is 0 Å². The molecule has 1 aromatic carbocycles. The minimum Gasteiger partial charge on any atom is -0.454 e. The summed E-state index contributed by atoms with van der Waals surface area (Å²) in [4.78, 5) is 62.7. The molecule has 1 aliphatic heterocycles. The fraction of sp³-hybridized carbons (Fsp3) is 0.450. The summed E-state index contributed by atoms with van der Waals surface area (Å²) in [5.41, 5.74) is 4.67. The number of hydrazine groups is 1. The number of benzene rings is 1. The number of fused-ring (bicyclic) bond motifs is 5. The van der Waals surface area contributed by atoms with Gasteiger partial charge in [-0.05, 0) is 42.5 Å². The van der Waals surface area contributed by atoms with Crippen LogP contribution in [0.25, 0.3) is 0 Å². The lowest BCUT2D eigenvalue weighted by molar-refractivity contribution is -0.155. The number of amides is 4. The largest absolute Gasteiger partial charge is 0.454 e. The van der Waals surface area contributed by atoms with Crippen LogP contribution in [0.4, 0.5) is 0 Å². The summed E-state index contributed by atoms with van der Waals surface area (Å²) in [5.74, 6) is -3.65. The van der Waals surface area contributed by atoms with Crippen LogP contribution in [0, 0.1) is 23.7 Å². The fourth-order valence-corrected chi connectivity index (χ4v) is 6.86. The number of hydrogen-bond acceptors (Lipinski definition) is 6. The van der Waals surface area contributed by atoms with Crippen LogP contribution in [-0.2, 0) is 23.9 Å². The van der Waals surface area contributed by atoms with Crippen molar-refractivity contribution in [2.75, 3.05) is 13.2 Å². The number of hydrogen-bond donors (Lipinski definition) is 2. The molecule has 2 N–H and O–H groups in total. The molecule has 1 heterocycles. The van der Waals surface area contributed by atoms with Crippen LogP contribution in [0.15, 0.2) is 28.7 Å². The molecule has 1 saturated heterocycles. The van der Waals surface area contributed by atoms with Crippen LogP contribution < -0.4 is 10.9 Å². The van der Waals surface area contributed by atoms with E-state index in [1.54, 1.807) is 24.3 Å². The molecule has 3 aliphatic rings. The molecule has 0 unspecified atom stereocenters. The van der Waals surface area contributed by atoms with Gasteiger partial charge in [-0.3, -0.25) is 39.7 Å². The Morgan fingerprint density at radius 2 is 1.53 bits per heavy atom. The van der Waals surface area contributed by atoms with Crippen molar-refractivity contribution in [3.8, 4) is 0 Å². The molecule has 2 aliphatic carbocycles. The average molecular weight is 636 g/mol. The number of carbonyl (C=O) groups excluding carboxylic acids is 5. The SMILES string of the molecule is O=C(COC(=O)CN1C(=O)[C@@H]2[C@H]3C[C@@H]([C@H](Br)[C@@H]3Br)[C@@H]2C1=O)NNC(=O)c1ccc(Br)cc1. The maximum atomic E-state index is 12.8. The molecule has 12 heteroatoms. The van der Waals surface area contributed by atoms with Crippen molar-refractivity contribution in [2.45, 2.75) is 16.1 Å². The van der Waals surface area contributed by atoms with Gasteiger partial charge < -0.3 is 4.74 Å². The van der Waals surface area contributed by atoms with Crippen molar-refractivity contribution in [1.82, 2.24) is 15.8 Å². The van der Waals surface area contributed by atoms with Crippen LogP contribution in [0.2, 0.25) is 0 Å². The number of esters is 1. The van der Waals surface area contributed by atoms with E-state index in [0.29, 0.717) is 5.56 Å². The summed E-state index contributed by atoms with van der Waals surface area (Å²) < 4.78 is 5.68. The maximum Gasteiger partial charge on any atom is 0.326 e. The first-order valence-corrected chi connectivity index (χ1v) is 12.4. The van der Waals surface area contributed by atoms with Gasteiger partial charge in [-0.2, -0.15) is 0 Å². The van der Waals surface area contributed by atoms with Gasteiger partial charge in [-0.25, -0.2) is 0 Å². The van der Waals surface area contributed by atoms with Crippen molar-refractivity contribution < 1.29 is 28.7 Å². The van der Waals surface area contributed by atoms with Gasteiger partial charge in [-0.15, -0.1) is 0 Å². The lowest BCUT2D eigenvalue weighted by Crippen LogP contribution is -2.44. The first-order valence-electron chi connectivity index (χ1n) is 9.82. The van der Waals surface area contributed by atoms with Crippen molar-refractivity contribution in [1.29, 1.82) is 0 Å². The van der Waals surface area contributed by atoms with Gasteiger partial charge in [0, 0.05) is 19.7 Å². The van der Waals surface area contributed by atoms with Gasteiger partial charge in [0.15, 0.2) is 6.61 Å². The molecule has 9 nitrogen and oxygen atoms in total. The highest BCUT2D eigenvalue weighted by molar-refractivity contribution is 9.12. The molecular formula is C20H18Br3N3O6. The number of imide groups is 1. The average Bonchev–Trinajstić information content (AvgIpc) is 3.37. The zero-order valence-electron chi connectivity index (χ0n) is 16.4. The molecule has 0 aromatic heterocycles. The van der Waals surface area contributed by atoms with Crippen LogP contribution in [0.5, 0.6) is 0 Å². The monoisotopic (exact) mass is 633 g/mol. The Kier molecular flexibility index (Phi) is 6.73. The summed E-state index contributed by atoms with van der Waals surface area (Å²) in [5, 5.41) is 0. The molecule has 0 spiro atoms. The smallest absolute Gasteiger partial charge is 0.326 e. The Morgan fingerprint density at radius 3 is 2.09 bits per heavy atom. The number of nitrogens with one attached hydrogen (secondary N) is 2. The van der Waals surface area contributed by atoms with Crippen LogP contribution >= 0.6 is 47.8 Å². The van der Waals surface area contributed by atoms with Crippen LogP contribution in [-0.4, -0.2) is 57.3 Å². The summed E-state index contributed by atoms with van der Waals surface area (Å²) >= 11 is 10.5. The van der Waals surface area contributed by atoms with Gasteiger partial charge in [-0.1, -0.05) is 47.8 Å². The van der Waals surface area contributed by atoms with Gasteiger partial charge in [0.2, 0.25) is 11.8 Å². The second-order valence-electron chi connectivity index (χ2n) is 7.94.